The lowest BCUT2D eigenvalue weighted by Gasteiger charge is -2.24. The van der Waals surface area contributed by atoms with Crippen LogP contribution < -0.4 is 16.0 Å². The van der Waals surface area contributed by atoms with Crippen LogP contribution in [-0.2, 0) is 4.79 Å². The number of aromatic nitrogens is 1. The molecule has 0 spiro atoms. The number of benzene rings is 1. The van der Waals surface area contributed by atoms with Crippen LogP contribution in [0.3, 0.4) is 0 Å². The standard InChI is InChI=1S/C21H27N3.CH3NO/c1-2-9-18(10-3-1)22-19-11-6-8-17(16-19)20-12-7-13-21(23-20)24-14-4-5-15-24;2-1-3/h6-8,11-13,16,18,22H,1-5,9-10,14-15H2;1H,(H2,2,3). The van der Waals surface area contributed by atoms with Gasteiger partial charge in [0, 0.05) is 30.4 Å². The number of pyridine rings is 1. The van der Waals surface area contributed by atoms with Crippen LogP contribution in [0.15, 0.2) is 42.5 Å². The van der Waals surface area contributed by atoms with Crippen molar-refractivity contribution in [2.75, 3.05) is 23.3 Å². The summed E-state index contributed by atoms with van der Waals surface area (Å²) in [6.07, 6.45) is 9.53. The molecule has 27 heavy (non-hydrogen) atoms. The molecule has 2 aliphatic rings. The molecule has 144 valence electrons. The van der Waals surface area contributed by atoms with E-state index < -0.39 is 0 Å². The predicted octanol–water partition coefficient (Wildman–Crippen LogP) is 4.19. The molecule has 0 atom stereocenters. The van der Waals surface area contributed by atoms with Crippen LogP contribution >= 0.6 is 0 Å². The molecule has 0 radical (unpaired) electrons. The second-order valence-electron chi connectivity index (χ2n) is 7.27. The van der Waals surface area contributed by atoms with E-state index in [2.05, 4.69) is 58.4 Å². The number of amides is 1. The molecule has 5 heteroatoms. The van der Waals surface area contributed by atoms with E-state index in [9.17, 15) is 0 Å². The summed E-state index contributed by atoms with van der Waals surface area (Å²) >= 11 is 0. The number of carbonyl (C=O) groups excluding carboxylic acids is 1. The van der Waals surface area contributed by atoms with Crippen molar-refractivity contribution in [1.82, 2.24) is 4.98 Å². The van der Waals surface area contributed by atoms with Crippen LogP contribution in [0, 0.1) is 0 Å². The van der Waals surface area contributed by atoms with Gasteiger partial charge in [-0.3, -0.25) is 4.79 Å². The van der Waals surface area contributed by atoms with E-state index in [1.807, 2.05) is 0 Å². The monoisotopic (exact) mass is 366 g/mol. The van der Waals surface area contributed by atoms with Gasteiger partial charge >= 0.3 is 0 Å². The normalized spacial score (nSPS) is 17.1. The zero-order chi connectivity index (χ0) is 18.9. The molecule has 1 aromatic heterocycles. The number of nitrogens with zero attached hydrogens (tertiary/aromatic N) is 2. The first kappa shape index (κ1) is 19.2. The van der Waals surface area contributed by atoms with E-state index in [0.717, 1.165) is 24.6 Å². The third kappa shape index (κ3) is 5.46. The molecular formula is C22H30N4O. The Hall–Kier alpha value is -2.56. The molecule has 0 unspecified atom stereocenters. The van der Waals surface area contributed by atoms with E-state index in [0.29, 0.717) is 6.04 Å². The molecule has 1 saturated heterocycles. The summed E-state index contributed by atoms with van der Waals surface area (Å²) in [5.41, 5.74) is 7.68. The minimum absolute atomic E-state index is 0.250. The summed E-state index contributed by atoms with van der Waals surface area (Å²) in [4.78, 5) is 15.9. The second kappa shape index (κ2) is 9.95. The number of nitrogens with one attached hydrogen (secondary N) is 1. The second-order valence-corrected chi connectivity index (χ2v) is 7.27. The van der Waals surface area contributed by atoms with Gasteiger partial charge in [-0.15, -0.1) is 0 Å². The van der Waals surface area contributed by atoms with Crippen molar-refractivity contribution in [2.24, 2.45) is 5.73 Å². The fourth-order valence-electron chi connectivity index (χ4n) is 3.96. The van der Waals surface area contributed by atoms with Gasteiger partial charge in [0.15, 0.2) is 0 Å². The number of rotatable bonds is 4. The molecule has 1 aromatic carbocycles. The number of carbonyl (C=O) groups is 1. The van der Waals surface area contributed by atoms with Gasteiger partial charge in [-0.2, -0.15) is 0 Å². The maximum atomic E-state index is 8.58. The maximum Gasteiger partial charge on any atom is 0.204 e. The molecule has 3 N–H and O–H groups in total. The smallest absolute Gasteiger partial charge is 0.204 e. The van der Waals surface area contributed by atoms with Crippen LogP contribution in [0.1, 0.15) is 44.9 Å². The Bertz CT molecular complexity index is 722. The highest BCUT2D eigenvalue weighted by molar-refractivity contribution is 5.66. The predicted molar refractivity (Wildman–Crippen MR) is 112 cm³/mol. The molecule has 1 aliphatic carbocycles. The number of hydrogen-bond acceptors (Lipinski definition) is 4. The van der Waals surface area contributed by atoms with Crippen LogP contribution in [0.25, 0.3) is 11.3 Å². The number of nitrogens with two attached hydrogens (primary N) is 1. The Balaban J connectivity index is 0.000000659. The van der Waals surface area contributed by atoms with Gasteiger partial charge in [-0.1, -0.05) is 37.5 Å². The minimum atomic E-state index is 0.250. The summed E-state index contributed by atoms with van der Waals surface area (Å²) in [5.74, 6) is 1.12. The van der Waals surface area contributed by atoms with Crippen LogP contribution in [0.2, 0.25) is 0 Å². The highest BCUT2D eigenvalue weighted by Gasteiger charge is 2.15. The third-order valence-electron chi connectivity index (χ3n) is 5.30. The lowest BCUT2D eigenvalue weighted by atomic mass is 9.95. The Kier molecular flexibility index (Phi) is 7.08. The van der Waals surface area contributed by atoms with Crippen LogP contribution in [0.5, 0.6) is 0 Å². The molecule has 2 heterocycles. The van der Waals surface area contributed by atoms with Crippen molar-refractivity contribution < 1.29 is 4.79 Å². The fourth-order valence-corrected chi connectivity index (χ4v) is 3.96. The van der Waals surface area contributed by atoms with Gasteiger partial charge in [0.1, 0.15) is 5.82 Å². The van der Waals surface area contributed by atoms with Gasteiger partial charge in [0.25, 0.3) is 0 Å². The average Bonchev–Trinajstić information content (AvgIpc) is 3.25. The molecule has 2 aromatic rings. The minimum Gasteiger partial charge on any atom is -0.382 e. The van der Waals surface area contributed by atoms with Gasteiger partial charge in [-0.25, -0.2) is 4.98 Å². The average molecular weight is 367 g/mol. The molecule has 4 rings (SSSR count). The van der Waals surface area contributed by atoms with Crippen LogP contribution in [0.4, 0.5) is 11.5 Å². The van der Waals surface area contributed by atoms with Crippen molar-refractivity contribution in [2.45, 2.75) is 51.0 Å². The van der Waals surface area contributed by atoms with Crippen molar-refractivity contribution in [3.05, 3.63) is 42.5 Å². The molecule has 0 bridgehead atoms. The first-order chi connectivity index (χ1) is 13.3. The largest absolute Gasteiger partial charge is 0.382 e. The van der Waals surface area contributed by atoms with E-state index in [-0.39, 0.29) is 6.41 Å². The summed E-state index contributed by atoms with van der Waals surface area (Å²) in [5, 5.41) is 3.72. The van der Waals surface area contributed by atoms with E-state index in [4.69, 9.17) is 9.78 Å². The Labute approximate surface area is 162 Å². The highest BCUT2D eigenvalue weighted by atomic mass is 16.1. The lowest BCUT2D eigenvalue weighted by molar-refractivity contribution is -0.106. The molecule has 1 amide bonds. The van der Waals surface area contributed by atoms with Crippen molar-refractivity contribution in [1.29, 1.82) is 0 Å². The quantitative estimate of drug-likeness (QED) is 0.796. The third-order valence-corrected chi connectivity index (χ3v) is 5.30. The van der Waals surface area contributed by atoms with Gasteiger partial charge in [-0.05, 0) is 49.9 Å². The first-order valence-electron chi connectivity index (χ1n) is 10.0. The molecule has 2 fully saturated rings. The van der Waals surface area contributed by atoms with E-state index >= 15 is 0 Å². The summed E-state index contributed by atoms with van der Waals surface area (Å²) < 4.78 is 0. The molecule has 5 nitrogen and oxygen atoms in total. The molecule has 1 aliphatic heterocycles. The van der Waals surface area contributed by atoms with Crippen molar-refractivity contribution in [3.63, 3.8) is 0 Å². The fraction of sp³-hybridized carbons (Fsp3) is 0.455. The highest BCUT2D eigenvalue weighted by Crippen LogP contribution is 2.27. The Morgan fingerprint density at radius 3 is 2.44 bits per heavy atom. The van der Waals surface area contributed by atoms with Gasteiger partial charge < -0.3 is 16.0 Å². The topological polar surface area (TPSA) is 71.2 Å². The summed E-state index contributed by atoms with van der Waals surface area (Å²) in [7, 11) is 0. The lowest BCUT2D eigenvalue weighted by Crippen LogP contribution is -2.22. The molecule has 1 saturated carbocycles. The summed E-state index contributed by atoms with van der Waals surface area (Å²) in [6, 6.07) is 15.8. The Morgan fingerprint density at radius 1 is 1.00 bits per heavy atom. The van der Waals surface area contributed by atoms with Crippen molar-refractivity contribution in [3.8, 4) is 11.3 Å². The zero-order valence-corrected chi connectivity index (χ0v) is 15.9. The zero-order valence-electron chi connectivity index (χ0n) is 15.9. The summed E-state index contributed by atoms with van der Waals surface area (Å²) in [6.45, 7) is 2.28. The number of anilines is 2. The van der Waals surface area contributed by atoms with Crippen molar-refractivity contribution >= 4 is 17.9 Å². The number of hydrogen-bond donors (Lipinski definition) is 2. The van der Waals surface area contributed by atoms with Gasteiger partial charge in [0.05, 0.1) is 5.69 Å². The first-order valence-corrected chi connectivity index (χ1v) is 10.0. The van der Waals surface area contributed by atoms with Gasteiger partial charge in [0.2, 0.25) is 6.41 Å². The number of primary amides is 1. The van der Waals surface area contributed by atoms with E-state index in [1.165, 1.54) is 56.2 Å². The molecular weight excluding hydrogens is 336 g/mol. The Morgan fingerprint density at radius 2 is 1.70 bits per heavy atom. The van der Waals surface area contributed by atoms with E-state index in [1.54, 1.807) is 0 Å². The SMILES string of the molecule is NC=O.c1cc(NC2CCCCC2)cc(-c2cccc(N3CCCC3)n2)c1. The van der Waals surface area contributed by atoms with Crippen LogP contribution in [-0.4, -0.2) is 30.5 Å². The maximum absolute atomic E-state index is 8.58.